The summed E-state index contributed by atoms with van der Waals surface area (Å²) in [6.45, 7) is 0. The minimum Gasteiger partial charge on any atom is -0.496 e. The minimum atomic E-state index is -0.731. The van der Waals surface area contributed by atoms with Crippen LogP contribution in [0.25, 0.3) is 0 Å². The van der Waals surface area contributed by atoms with E-state index in [0.29, 0.717) is 6.42 Å². The van der Waals surface area contributed by atoms with Gasteiger partial charge in [0.2, 0.25) is 0 Å². The molecule has 0 aromatic heterocycles. The van der Waals surface area contributed by atoms with Crippen molar-refractivity contribution in [1.29, 1.82) is 0 Å². The second-order valence-corrected chi connectivity index (χ2v) is 4.48. The number of aryl methyl sites for hydroxylation is 1. The van der Waals surface area contributed by atoms with Crippen LogP contribution in [-0.2, 0) is 24.1 Å². The minimum absolute atomic E-state index is 0.207. The van der Waals surface area contributed by atoms with Gasteiger partial charge in [0.15, 0.2) is 0 Å². The Morgan fingerprint density at radius 2 is 2.00 bits per heavy atom. The van der Waals surface area contributed by atoms with Crippen molar-refractivity contribution in [3.8, 4) is 5.75 Å². The quantitative estimate of drug-likeness (QED) is 0.871. The summed E-state index contributed by atoms with van der Waals surface area (Å²) in [5.41, 5.74) is 3.81. The maximum atomic E-state index is 10.6. The first-order valence-electron chi connectivity index (χ1n) is 6.12. The van der Waals surface area contributed by atoms with Crippen molar-refractivity contribution in [2.75, 3.05) is 7.11 Å². The summed E-state index contributed by atoms with van der Waals surface area (Å²) >= 11 is 0. The Kier molecular flexibility index (Phi) is 3.67. The zero-order chi connectivity index (χ0) is 12.3. The van der Waals surface area contributed by atoms with Crippen molar-refractivity contribution < 1.29 is 14.6 Å². The first kappa shape index (κ1) is 12.0. The number of methoxy groups -OCH3 is 1. The van der Waals surface area contributed by atoms with Crippen molar-refractivity contribution in [2.24, 2.45) is 0 Å². The lowest BCUT2D eigenvalue weighted by atomic mass is 9.86. The summed E-state index contributed by atoms with van der Waals surface area (Å²) in [5.74, 6) is 0.226. The number of hydrogen-bond donors (Lipinski definition) is 1. The van der Waals surface area contributed by atoms with Crippen LogP contribution in [0.2, 0.25) is 0 Å². The van der Waals surface area contributed by atoms with E-state index in [1.165, 1.54) is 29.5 Å². The second-order valence-electron chi connectivity index (χ2n) is 4.48. The third-order valence-electron chi connectivity index (χ3n) is 3.42. The number of carbonyl (C=O) groups is 1. The smallest absolute Gasteiger partial charge is 0.303 e. The molecule has 0 aliphatic heterocycles. The highest BCUT2D eigenvalue weighted by molar-refractivity contribution is 5.67. The Labute approximate surface area is 101 Å². The summed E-state index contributed by atoms with van der Waals surface area (Å²) in [6.07, 6.45) is 5.34. The third-order valence-corrected chi connectivity index (χ3v) is 3.42. The van der Waals surface area contributed by atoms with Crippen LogP contribution in [0.1, 0.15) is 36.0 Å². The van der Waals surface area contributed by atoms with E-state index in [1.807, 2.05) is 12.1 Å². The zero-order valence-electron chi connectivity index (χ0n) is 10.2. The molecule has 0 spiro atoms. The van der Waals surface area contributed by atoms with Gasteiger partial charge in [-0.2, -0.15) is 0 Å². The fourth-order valence-electron chi connectivity index (χ4n) is 2.58. The van der Waals surface area contributed by atoms with Gasteiger partial charge in [0.05, 0.1) is 7.11 Å². The van der Waals surface area contributed by atoms with E-state index in [-0.39, 0.29) is 6.42 Å². The summed E-state index contributed by atoms with van der Waals surface area (Å²) in [5, 5.41) is 8.75. The van der Waals surface area contributed by atoms with Gasteiger partial charge in [-0.3, -0.25) is 4.79 Å². The molecule has 0 bridgehead atoms. The Morgan fingerprint density at radius 1 is 1.29 bits per heavy atom. The van der Waals surface area contributed by atoms with Crippen LogP contribution in [0, 0.1) is 0 Å². The van der Waals surface area contributed by atoms with Crippen LogP contribution < -0.4 is 4.74 Å². The van der Waals surface area contributed by atoms with Crippen LogP contribution >= 0.6 is 0 Å². The fourth-order valence-corrected chi connectivity index (χ4v) is 2.58. The van der Waals surface area contributed by atoms with Gasteiger partial charge in [-0.05, 0) is 54.9 Å². The van der Waals surface area contributed by atoms with Crippen LogP contribution in [0.15, 0.2) is 12.1 Å². The Balaban J connectivity index is 2.30. The second kappa shape index (κ2) is 5.21. The number of carboxylic acid groups (broad SMARTS) is 1. The van der Waals surface area contributed by atoms with E-state index in [2.05, 4.69) is 0 Å². The van der Waals surface area contributed by atoms with Gasteiger partial charge < -0.3 is 9.84 Å². The molecular formula is C14H18O3. The monoisotopic (exact) mass is 234 g/mol. The maximum Gasteiger partial charge on any atom is 0.303 e. The highest BCUT2D eigenvalue weighted by atomic mass is 16.5. The number of rotatable bonds is 4. The predicted molar refractivity (Wildman–Crippen MR) is 65.6 cm³/mol. The van der Waals surface area contributed by atoms with Crippen molar-refractivity contribution >= 4 is 5.97 Å². The fraction of sp³-hybridized carbons (Fsp3) is 0.500. The molecule has 1 N–H and O–H groups in total. The lowest BCUT2D eigenvalue weighted by Gasteiger charge is -2.21. The lowest BCUT2D eigenvalue weighted by molar-refractivity contribution is -0.136. The summed E-state index contributed by atoms with van der Waals surface area (Å²) in [7, 11) is 1.70. The van der Waals surface area contributed by atoms with E-state index < -0.39 is 5.97 Å². The van der Waals surface area contributed by atoms with Gasteiger partial charge in [-0.25, -0.2) is 0 Å². The SMILES string of the molecule is COc1ccc(CCC(=O)O)c2c1CCCC2. The van der Waals surface area contributed by atoms with Crippen LogP contribution in [0.5, 0.6) is 5.75 Å². The molecular weight excluding hydrogens is 216 g/mol. The highest BCUT2D eigenvalue weighted by Crippen LogP contribution is 2.32. The summed E-state index contributed by atoms with van der Waals surface area (Å²) in [4.78, 5) is 10.6. The van der Waals surface area contributed by atoms with Gasteiger partial charge in [-0.1, -0.05) is 6.07 Å². The van der Waals surface area contributed by atoms with E-state index in [1.54, 1.807) is 7.11 Å². The summed E-state index contributed by atoms with van der Waals surface area (Å²) in [6, 6.07) is 3.99. The van der Waals surface area contributed by atoms with E-state index >= 15 is 0 Å². The topological polar surface area (TPSA) is 46.5 Å². The van der Waals surface area contributed by atoms with E-state index in [0.717, 1.165) is 18.6 Å². The molecule has 3 heteroatoms. The van der Waals surface area contributed by atoms with E-state index in [4.69, 9.17) is 9.84 Å². The van der Waals surface area contributed by atoms with Crippen molar-refractivity contribution in [3.63, 3.8) is 0 Å². The molecule has 1 aromatic rings. The Hall–Kier alpha value is -1.51. The normalized spacial score (nSPS) is 14.2. The molecule has 0 saturated carbocycles. The molecule has 1 aliphatic carbocycles. The number of aliphatic carboxylic acids is 1. The van der Waals surface area contributed by atoms with Crippen LogP contribution in [-0.4, -0.2) is 18.2 Å². The highest BCUT2D eigenvalue weighted by Gasteiger charge is 2.17. The molecule has 0 atom stereocenters. The maximum absolute atomic E-state index is 10.6. The molecule has 92 valence electrons. The number of ether oxygens (including phenoxy) is 1. The van der Waals surface area contributed by atoms with Crippen LogP contribution in [0.3, 0.4) is 0 Å². The first-order chi connectivity index (χ1) is 8.22. The number of hydrogen-bond acceptors (Lipinski definition) is 2. The Bertz CT molecular complexity index is 424. The molecule has 0 unspecified atom stereocenters. The zero-order valence-corrected chi connectivity index (χ0v) is 10.2. The van der Waals surface area contributed by atoms with Gasteiger partial charge >= 0.3 is 5.97 Å². The molecule has 1 aromatic carbocycles. The predicted octanol–water partition coefficient (Wildman–Crippen LogP) is 2.59. The average Bonchev–Trinajstić information content (AvgIpc) is 2.35. The van der Waals surface area contributed by atoms with Crippen molar-refractivity contribution in [3.05, 3.63) is 28.8 Å². The van der Waals surface area contributed by atoms with Crippen molar-refractivity contribution in [1.82, 2.24) is 0 Å². The molecule has 3 nitrogen and oxygen atoms in total. The molecule has 0 fully saturated rings. The lowest BCUT2D eigenvalue weighted by Crippen LogP contribution is -2.09. The molecule has 0 heterocycles. The van der Waals surface area contributed by atoms with E-state index in [9.17, 15) is 4.79 Å². The average molecular weight is 234 g/mol. The van der Waals surface area contributed by atoms with Gasteiger partial charge in [0.1, 0.15) is 5.75 Å². The largest absolute Gasteiger partial charge is 0.496 e. The third kappa shape index (κ3) is 2.60. The molecule has 0 radical (unpaired) electrons. The standard InChI is InChI=1S/C14H18O3/c1-17-13-8-6-10(7-9-14(15)16)11-4-2-3-5-12(11)13/h6,8H,2-5,7,9H2,1H3,(H,15,16). The Morgan fingerprint density at radius 3 is 2.65 bits per heavy atom. The van der Waals surface area contributed by atoms with Crippen molar-refractivity contribution in [2.45, 2.75) is 38.5 Å². The first-order valence-corrected chi connectivity index (χ1v) is 6.12. The molecule has 0 amide bonds. The van der Waals surface area contributed by atoms with Crippen LogP contribution in [0.4, 0.5) is 0 Å². The molecule has 17 heavy (non-hydrogen) atoms. The molecule has 2 rings (SSSR count). The molecule has 1 aliphatic rings. The number of benzene rings is 1. The number of carboxylic acids is 1. The summed E-state index contributed by atoms with van der Waals surface area (Å²) < 4.78 is 5.38. The van der Waals surface area contributed by atoms with Gasteiger partial charge in [0, 0.05) is 6.42 Å². The van der Waals surface area contributed by atoms with Gasteiger partial charge in [-0.15, -0.1) is 0 Å². The molecule has 0 saturated heterocycles. The van der Waals surface area contributed by atoms with Gasteiger partial charge in [0.25, 0.3) is 0 Å². The number of fused-ring (bicyclic) bond motifs is 1.